The molecule has 0 aromatic rings. The molecule has 1 amide bonds. The summed E-state index contributed by atoms with van der Waals surface area (Å²) in [6.45, 7) is 5.10. The van der Waals surface area contributed by atoms with Crippen molar-refractivity contribution >= 4 is 5.91 Å². The molecule has 1 aliphatic rings. The van der Waals surface area contributed by atoms with Crippen molar-refractivity contribution in [3.63, 3.8) is 0 Å². The number of carbonyl (C=O) groups is 1. The van der Waals surface area contributed by atoms with Crippen LogP contribution in [0.4, 0.5) is 0 Å². The largest absolute Gasteiger partial charge is 0.365 e. The lowest BCUT2D eigenvalue weighted by Crippen LogP contribution is -2.47. The van der Waals surface area contributed by atoms with E-state index in [1.807, 2.05) is 13.8 Å². The molecular weight excluding hydrogens is 180 g/mol. The molecule has 0 saturated carbocycles. The van der Waals surface area contributed by atoms with Gasteiger partial charge in [0.1, 0.15) is 5.60 Å². The van der Waals surface area contributed by atoms with E-state index in [4.69, 9.17) is 10.5 Å². The lowest BCUT2D eigenvalue weighted by Gasteiger charge is -2.24. The van der Waals surface area contributed by atoms with E-state index in [9.17, 15) is 4.79 Å². The number of nitrogens with one attached hydrogen (secondary N) is 1. The molecule has 0 spiro atoms. The Morgan fingerprint density at radius 1 is 1.71 bits per heavy atom. The third-order valence-corrected chi connectivity index (χ3v) is 2.68. The van der Waals surface area contributed by atoms with Crippen molar-refractivity contribution in [1.82, 2.24) is 5.32 Å². The minimum atomic E-state index is -0.608. The van der Waals surface area contributed by atoms with Crippen LogP contribution >= 0.6 is 0 Å². The van der Waals surface area contributed by atoms with Gasteiger partial charge in [0.05, 0.1) is 0 Å². The van der Waals surface area contributed by atoms with Crippen LogP contribution in [0.1, 0.15) is 33.1 Å². The van der Waals surface area contributed by atoms with Gasteiger partial charge in [0.15, 0.2) is 0 Å². The Morgan fingerprint density at radius 2 is 2.43 bits per heavy atom. The van der Waals surface area contributed by atoms with Crippen molar-refractivity contribution in [2.45, 2.75) is 44.8 Å². The quantitative estimate of drug-likeness (QED) is 0.691. The van der Waals surface area contributed by atoms with Gasteiger partial charge in [-0.15, -0.1) is 0 Å². The first-order chi connectivity index (χ1) is 6.58. The summed E-state index contributed by atoms with van der Waals surface area (Å²) >= 11 is 0. The molecule has 1 rings (SSSR count). The summed E-state index contributed by atoms with van der Waals surface area (Å²) < 4.78 is 5.44. The van der Waals surface area contributed by atoms with Gasteiger partial charge in [-0.05, 0) is 39.7 Å². The lowest BCUT2D eigenvalue weighted by atomic mass is 10.0. The summed E-state index contributed by atoms with van der Waals surface area (Å²) in [6.07, 6.45) is 2.59. The first kappa shape index (κ1) is 11.5. The first-order valence-electron chi connectivity index (χ1n) is 5.23. The van der Waals surface area contributed by atoms with Gasteiger partial charge in [-0.1, -0.05) is 0 Å². The number of amides is 1. The van der Waals surface area contributed by atoms with E-state index in [0.29, 0.717) is 13.2 Å². The average molecular weight is 200 g/mol. The van der Waals surface area contributed by atoms with Crippen molar-refractivity contribution in [2.75, 3.05) is 13.2 Å². The third-order valence-electron chi connectivity index (χ3n) is 2.68. The Kier molecular flexibility index (Phi) is 3.89. The molecule has 14 heavy (non-hydrogen) atoms. The first-order valence-corrected chi connectivity index (χ1v) is 5.23. The van der Waals surface area contributed by atoms with Gasteiger partial charge < -0.3 is 15.8 Å². The van der Waals surface area contributed by atoms with E-state index < -0.39 is 5.60 Å². The van der Waals surface area contributed by atoms with Gasteiger partial charge in [-0.2, -0.15) is 0 Å². The van der Waals surface area contributed by atoms with E-state index in [-0.39, 0.29) is 11.9 Å². The van der Waals surface area contributed by atoms with Gasteiger partial charge in [0, 0.05) is 12.6 Å². The molecule has 82 valence electrons. The molecule has 0 bridgehead atoms. The lowest BCUT2D eigenvalue weighted by molar-refractivity contribution is -0.140. The maximum Gasteiger partial charge on any atom is 0.252 e. The number of hydrogen-bond donors (Lipinski definition) is 2. The molecule has 2 atom stereocenters. The summed E-state index contributed by atoms with van der Waals surface area (Å²) in [5, 5.41) is 2.92. The van der Waals surface area contributed by atoms with Gasteiger partial charge in [0.2, 0.25) is 0 Å². The Balaban J connectivity index is 2.40. The second-order valence-electron chi connectivity index (χ2n) is 4.13. The summed E-state index contributed by atoms with van der Waals surface area (Å²) in [7, 11) is 0. The second kappa shape index (κ2) is 4.75. The zero-order valence-electron chi connectivity index (χ0n) is 9.01. The highest BCUT2D eigenvalue weighted by Crippen LogP contribution is 2.25. The molecule has 1 saturated heterocycles. The van der Waals surface area contributed by atoms with E-state index in [0.717, 1.165) is 19.3 Å². The molecule has 0 aliphatic carbocycles. The normalized spacial score (nSPS) is 28.8. The highest BCUT2D eigenvalue weighted by molar-refractivity contribution is 5.85. The van der Waals surface area contributed by atoms with Crippen molar-refractivity contribution in [2.24, 2.45) is 5.73 Å². The smallest absolute Gasteiger partial charge is 0.252 e. The summed E-state index contributed by atoms with van der Waals surface area (Å²) in [5.41, 5.74) is 4.80. The standard InChI is InChI=1S/C10H20N2O2/c1-8(4-6-11)12-9(13)10(2)5-3-7-14-10/h8H,3-7,11H2,1-2H3,(H,12,13). The summed E-state index contributed by atoms with van der Waals surface area (Å²) in [5.74, 6) is -0.00375. The van der Waals surface area contributed by atoms with Crippen LogP contribution < -0.4 is 11.1 Å². The summed E-state index contributed by atoms with van der Waals surface area (Å²) in [4.78, 5) is 11.8. The van der Waals surface area contributed by atoms with Crippen molar-refractivity contribution in [3.05, 3.63) is 0 Å². The molecule has 1 heterocycles. The zero-order chi connectivity index (χ0) is 10.6. The van der Waals surface area contributed by atoms with Crippen molar-refractivity contribution < 1.29 is 9.53 Å². The van der Waals surface area contributed by atoms with Gasteiger partial charge in [-0.25, -0.2) is 0 Å². The molecule has 3 N–H and O–H groups in total. The van der Waals surface area contributed by atoms with Gasteiger partial charge in [0.25, 0.3) is 5.91 Å². The Bertz CT molecular complexity index is 200. The predicted octanol–water partition coefficient (Wildman–Crippen LogP) is 0.409. The molecule has 0 aromatic carbocycles. The fraction of sp³-hybridized carbons (Fsp3) is 0.900. The van der Waals surface area contributed by atoms with Crippen molar-refractivity contribution in [1.29, 1.82) is 0 Å². The fourth-order valence-electron chi connectivity index (χ4n) is 1.66. The molecule has 4 nitrogen and oxygen atoms in total. The second-order valence-corrected chi connectivity index (χ2v) is 4.13. The molecule has 1 aliphatic heterocycles. The Hall–Kier alpha value is -0.610. The van der Waals surface area contributed by atoms with E-state index in [1.54, 1.807) is 0 Å². The molecular formula is C10H20N2O2. The van der Waals surface area contributed by atoms with Crippen LogP contribution in [0, 0.1) is 0 Å². The monoisotopic (exact) mass is 200 g/mol. The molecule has 4 heteroatoms. The molecule has 1 fully saturated rings. The maximum absolute atomic E-state index is 11.8. The van der Waals surface area contributed by atoms with Crippen LogP contribution in [0.2, 0.25) is 0 Å². The van der Waals surface area contributed by atoms with Gasteiger partial charge >= 0.3 is 0 Å². The van der Waals surface area contributed by atoms with Crippen LogP contribution in [-0.4, -0.2) is 30.7 Å². The zero-order valence-corrected chi connectivity index (χ0v) is 9.01. The van der Waals surface area contributed by atoms with Gasteiger partial charge in [-0.3, -0.25) is 4.79 Å². The average Bonchev–Trinajstić information content (AvgIpc) is 2.54. The van der Waals surface area contributed by atoms with Crippen LogP contribution in [-0.2, 0) is 9.53 Å². The minimum absolute atomic E-state index is 0.00375. The van der Waals surface area contributed by atoms with Crippen LogP contribution in [0.3, 0.4) is 0 Å². The SMILES string of the molecule is CC(CCN)NC(=O)C1(C)CCCO1. The Morgan fingerprint density at radius 3 is 2.93 bits per heavy atom. The number of hydrogen-bond acceptors (Lipinski definition) is 3. The Labute approximate surface area is 85.2 Å². The van der Waals surface area contributed by atoms with E-state index >= 15 is 0 Å². The van der Waals surface area contributed by atoms with E-state index in [1.165, 1.54) is 0 Å². The topological polar surface area (TPSA) is 64.3 Å². The number of ether oxygens (including phenoxy) is 1. The van der Waals surface area contributed by atoms with Crippen LogP contribution in [0.5, 0.6) is 0 Å². The minimum Gasteiger partial charge on any atom is -0.365 e. The third kappa shape index (κ3) is 2.69. The predicted molar refractivity (Wildman–Crippen MR) is 54.9 cm³/mol. The maximum atomic E-state index is 11.8. The van der Waals surface area contributed by atoms with Crippen molar-refractivity contribution in [3.8, 4) is 0 Å². The molecule has 0 aromatic heterocycles. The highest BCUT2D eigenvalue weighted by Gasteiger charge is 2.37. The highest BCUT2D eigenvalue weighted by atomic mass is 16.5. The summed E-state index contributed by atoms with van der Waals surface area (Å²) in [6, 6.07) is 0.133. The molecule has 2 unspecified atom stereocenters. The van der Waals surface area contributed by atoms with Crippen LogP contribution in [0.25, 0.3) is 0 Å². The fourth-order valence-corrected chi connectivity index (χ4v) is 1.66. The number of carbonyl (C=O) groups excluding carboxylic acids is 1. The van der Waals surface area contributed by atoms with Crippen LogP contribution in [0.15, 0.2) is 0 Å². The number of nitrogens with two attached hydrogens (primary N) is 1. The number of rotatable bonds is 4. The van der Waals surface area contributed by atoms with E-state index in [2.05, 4.69) is 5.32 Å². The molecule has 0 radical (unpaired) electrons.